The largest absolute Gasteiger partial charge is 0.481 e. The van der Waals surface area contributed by atoms with Gasteiger partial charge in [0.15, 0.2) is 0 Å². The van der Waals surface area contributed by atoms with Crippen LogP contribution >= 0.6 is 0 Å². The van der Waals surface area contributed by atoms with Gasteiger partial charge >= 0.3 is 5.97 Å². The van der Waals surface area contributed by atoms with E-state index in [1.165, 1.54) is 31.2 Å². The molecule has 0 amide bonds. The van der Waals surface area contributed by atoms with Gasteiger partial charge in [-0.15, -0.1) is 0 Å². The third-order valence-electron chi connectivity index (χ3n) is 5.82. The Morgan fingerprint density at radius 3 is 2.29 bits per heavy atom. The number of carboxylic acids is 1. The van der Waals surface area contributed by atoms with E-state index in [0.717, 1.165) is 12.8 Å². The molecule has 1 aromatic rings. The van der Waals surface area contributed by atoms with E-state index in [-0.39, 0.29) is 5.54 Å². The second-order valence-electron chi connectivity index (χ2n) is 7.13. The van der Waals surface area contributed by atoms with Crippen LogP contribution in [-0.4, -0.2) is 28.1 Å². The Hall–Kier alpha value is -1.35. The van der Waals surface area contributed by atoms with Crippen LogP contribution in [0.15, 0.2) is 30.3 Å². The molecule has 0 aromatic heterocycles. The van der Waals surface area contributed by atoms with Gasteiger partial charge in [-0.3, -0.25) is 9.69 Å². The van der Waals surface area contributed by atoms with Crippen LogP contribution < -0.4 is 0 Å². The van der Waals surface area contributed by atoms with Crippen LogP contribution in [0.1, 0.15) is 50.5 Å². The number of aliphatic carboxylic acids is 1. The highest BCUT2D eigenvalue weighted by Crippen LogP contribution is 2.58. The minimum atomic E-state index is -0.628. The maximum atomic E-state index is 11.0. The third-order valence-corrected chi connectivity index (χ3v) is 5.82. The molecule has 1 aliphatic carbocycles. The van der Waals surface area contributed by atoms with Crippen LogP contribution in [0, 0.1) is 5.92 Å². The van der Waals surface area contributed by atoms with Gasteiger partial charge in [-0.1, -0.05) is 30.3 Å². The van der Waals surface area contributed by atoms with E-state index >= 15 is 0 Å². The number of nitrogens with zero attached hydrogens (tertiary/aromatic N) is 1. The predicted molar refractivity (Wildman–Crippen MR) is 81.0 cm³/mol. The normalized spacial score (nSPS) is 33.8. The van der Waals surface area contributed by atoms with Crippen LogP contribution in [0.25, 0.3) is 0 Å². The summed E-state index contributed by atoms with van der Waals surface area (Å²) in [6, 6.07) is 12.1. The van der Waals surface area contributed by atoms with E-state index < -0.39 is 5.97 Å². The van der Waals surface area contributed by atoms with E-state index in [1.54, 1.807) is 0 Å². The van der Waals surface area contributed by atoms with Gasteiger partial charge in [0.2, 0.25) is 0 Å². The summed E-state index contributed by atoms with van der Waals surface area (Å²) < 4.78 is 0. The fourth-order valence-electron chi connectivity index (χ4n) is 4.97. The summed E-state index contributed by atoms with van der Waals surface area (Å²) in [5.41, 5.74) is 1.75. The molecule has 3 aliphatic rings. The Bertz CT molecular complexity index is 523. The maximum absolute atomic E-state index is 11.0. The zero-order valence-electron chi connectivity index (χ0n) is 12.4. The fourth-order valence-corrected chi connectivity index (χ4v) is 4.97. The van der Waals surface area contributed by atoms with Crippen molar-refractivity contribution < 1.29 is 9.90 Å². The number of carbonyl (C=O) groups is 1. The molecule has 3 heteroatoms. The molecule has 1 aromatic carbocycles. The second-order valence-corrected chi connectivity index (χ2v) is 7.13. The van der Waals surface area contributed by atoms with Crippen LogP contribution in [0.2, 0.25) is 0 Å². The topological polar surface area (TPSA) is 40.5 Å². The lowest BCUT2D eigenvalue weighted by molar-refractivity contribution is -0.138. The molecule has 1 saturated carbocycles. The first-order chi connectivity index (χ1) is 10.2. The molecule has 2 saturated heterocycles. The number of rotatable bonds is 4. The summed E-state index contributed by atoms with van der Waals surface area (Å²) in [5.74, 6) is -0.236. The van der Waals surface area contributed by atoms with Crippen molar-refractivity contribution in [1.82, 2.24) is 4.90 Å². The number of benzene rings is 1. The summed E-state index contributed by atoms with van der Waals surface area (Å²) in [5, 5.41) is 9.06. The van der Waals surface area contributed by atoms with E-state index in [0.29, 0.717) is 24.4 Å². The maximum Gasteiger partial charge on any atom is 0.303 e. The van der Waals surface area contributed by atoms with Crippen LogP contribution in [0.3, 0.4) is 0 Å². The number of carboxylic acid groups (broad SMARTS) is 1. The van der Waals surface area contributed by atoms with Gasteiger partial charge in [0.25, 0.3) is 0 Å². The van der Waals surface area contributed by atoms with Crippen molar-refractivity contribution in [3.05, 3.63) is 35.9 Å². The minimum absolute atomic E-state index is 0.279. The fraction of sp³-hybridized carbons (Fsp3) is 0.611. The first kappa shape index (κ1) is 13.3. The molecular formula is C18H23NO2. The van der Waals surface area contributed by atoms with E-state index in [2.05, 4.69) is 35.2 Å². The molecule has 0 radical (unpaired) electrons. The van der Waals surface area contributed by atoms with Gasteiger partial charge < -0.3 is 5.11 Å². The Morgan fingerprint density at radius 1 is 1.14 bits per heavy atom. The number of hydrogen-bond acceptors (Lipinski definition) is 2. The number of fused-ring (bicyclic) bond motifs is 2. The molecule has 0 spiro atoms. The molecule has 112 valence electrons. The van der Waals surface area contributed by atoms with Gasteiger partial charge in [-0.25, -0.2) is 0 Å². The molecule has 2 bridgehead atoms. The Morgan fingerprint density at radius 2 is 1.76 bits per heavy atom. The minimum Gasteiger partial charge on any atom is -0.481 e. The molecule has 2 unspecified atom stereocenters. The first-order valence-electron chi connectivity index (χ1n) is 8.25. The van der Waals surface area contributed by atoms with Crippen molar-refractivity contribution in [3.8, 4) is 0 Å². The summed E-state index contributed by atoms with van der Waals surface area (Å²) in [6.45, 7) is 0. The average molecular weight is 285 g/mol. The Balaban J connectivity index is 1.57. The van der Waals surface area contributed by atoms with Gasteiger partial charge in [0.05, 0.1) is 0 Å². The van der Waals surface area contributed by atoms with E-state index in [9.17, 15) is 4.79 Å². The summed E-state index contributed by atoms with van der Waals surface area (Å²) >= 11 is 0. The van der Waals surface area contributed by atoms with Gasteiger partial charge in [-0.2, -0.15) is 0 Å². The zero-order valence-corrected chi connectivity index (χ0v) is 12.4. The molecule has 2 atom stereocenters. The van der Waals surface area contributed by atoms with Crippen LogP contribution in [0.4, 0.5) is 0 Å². The third kappa shape index (κ3) is 2.18. The average Bonchev–Trinajstić information content (AvgIpc) is 3.22. The van der Waals surface area contributed by atoms with Crippen molar-refractivity contribution in [2.24, 2.45) is 5.92 Å². The zero-order chi connectivity index (χ0) is 14.4. The van der Waals surface area contributed by atoms with Gasteiger partial charge in [0.1, 0.15) is 0 Å². The summed E-state index contributed by atoms with van der Waals surface area (Å²) in [4.78, 5) is 13.8. The van der Waals surface area contributed by atoms with Crippen molar-refractivity contribution in [2.75, 3.05) is 0 Å². The quantitative estimate of drug-likeness (QED) is 0.922. The lowest BCUT2D eigenvalue weighted by atomic mass is 9.85. The highest BCUT2D eigenvalue weighted by atomic mass is 16.4. The SMILES string of the molecule is O=C(O)CC1CC2CCC(C1)N2C1(c2ccccc2)CC1. The molecule has 1 N–H and O–H groups in total. The second kappa shape index (κ2) is 4.84. The molecule has 4 rings (SSSR count). The van der Waals surface area contributed by atoms with Crippen LogP contribution in [0.5, 0.6) is 0 Å². The van der Waals surface area contributed by atoms with Crippen LogP contribution in [-0.2, 0) is 10.3 Å². The number of hydrogen-bond donors (Lipinski definition) is 1. The smallest absolute Gasteiger partial charge is 0.303 e. The molecular weight excluding hydrogens is 262 g/mol. The van der Waals surface area contributed by atoms with Gasteiger partial charge in [-0.05, 0) is 50.0 Å². The highest BCUT2D eigenvalue weighted by Gasteiger charge is 2.57. The number of piperidine rings is 1. The standard InChI is InChI=1S/C18H23NO2/c20-17(21)12-13-10-15-6-7-16(11-13)19(15)18(8-9-18)14-4-2-1-3-5-14/h1-5,13,15-16H,6-12H2,(H,20,21). The molecule has 2 aliphatic heterocycles. The first-order valence-corrected chi connectivity index (χ1v) is 8.25. The lowest BCUT2D eigenvalue weighted by Crippen LogP contribution is -2.49. The van der Waals surface area contributed by atoms with E-state index in [4.69, 9.17) is 5.11 Å². The summed E-state index contributed by atoms with van der Waals surface area (Å²) in [7, 11) is 0. The molecule has 21 heavy (non-hydrogen) atoms. The van der Waals surface area contributed by atoms with Crippen molar-refractivity contribution in [3.63, 3.8) is 0 Å². The molecule has 3 fully saturated rings. The summed E-state index contributed by atoms with van der Waals surface area (Å²) in [6.07, 6.45) is 7.58. The monoisotopic (exact) mass is 285 g/mol. The van der Waals surface area contributed by atoms with Crippen molar-refractivity contribution in [2.45, 2.75) is 62.6 Å². The predicted octanol–water partition coefficient (Wildman–Crippen LogP) is 3.39. The van der Waals surface area contributed by atoms with E-state index in [1.807, 2.05) is 0 Å². The Labute approximate surface area is 126 Å². The molecule has 2 heterocycles. The van der Waals surface area contributed by atoms with Gasteiger partial charge in [0, 0.05) is 24.0 Å². The Kier molecular flexibility index (Phi) is 3.07. The lowest BCUT2D eigenvalue weighted by Gasteiger charge is -2.44. The highest BCUT2D eigenvalue weighted by molar-refractivity contribution is 5.67. The van der Waals surface area contributed by atoms with Crippen molar-refractivity contribution >= 4 is 5.97 Å². The molecule has 3 nitrogen and oxygen atoms in total. The van der Waals surface area contributed by atoms with Crippen molar-refractivity contribution in [1.29, 1.82) is 0 Å².